The van der Waals surface area contributed by atoms with Crippen LogP contribution < -0.4 is 0 Å². The van der Waals surface area contributed by atoms with E-state index in [2.05, 4.69) is 20.6 Å². The highest BCUT2D eigenvalue weighted by atomic mass is 35.5. The van der Waals surface area contributed by atoms with Crippen molar-refractivity contribution in [2.45, 2.75) is 0 Å². The molecule has 0 atom stereocenters. The monoisotopic (exact) mass is 196 g/mol. The Morgan fingerprint density at radius 1 is 1.38 bits per heavy atom. The van der Waals surface area contributed by atoms with Crippen molar-refractivity contribution < 1.29 is 5.11 Å². The minimum atomic E-state index is 0.0360. The summed E-state index contributed by atoms with van der Waals surface area (Å²) in [5.41, 5.74) is 0.387. The van der Waals surface area contributed by atoms with Crippen molar-refractivity contribution in [2.75, 3.05) is 0 Å². The Balaban J connectivity index is 2.64. The molecule has 1 aromatic heterocycles. The van der Waals surface area contributed by atoms with E-state index in [4.69, 9.17) is 11.6 Å². The van der Waals surface area contributed by atoms with Gasteiger partial charge in [0.15, 0.2) is 0 Å². The average molecular weight is 197 g/mol. The predicted octanol–water partition coefficient (Wildman–Crippen LogP) is 1.23. The fraction of sp³-hybridized carbons (Fsp3) is 0. The third-order valence-electron chi connectivity index (χ3n) is 1.56. The lowest BCUT2D eigenvalue weighted by atomic mass is 10.2. The molecular formula is C7H5ClN4O. The number of H-pyrrole nitrogens is 1. The Morgan fingerprint density at radius 2 is 2.23 bits per heavy atom. The zero-order chi connectivity index (χ0) is 9.26. The third kappa shape index (κ3) is 1.33. The first-order valence-electron chi connectivity index (χ1n) is 3.50. The van der Waals surface area contributed by atoms with Crippen LogP contribution in [-0.4, -0.2) is 25.7 Å². The van der Waals surface area contributed by atoms with E-state index in [0.717, 1.165) is 0 Å². The molecule has 66 valence electrons. The molecule has 6 heteroatoms. The van der Waals surface area contributed by atoms with Crippen molar-refractivity contribution >= 4 is 11.6 Å². The summed E-state index contributed by atoms with van der Waals surface area (Å²) in [6.45, 7) is 0. The molecule has 2 aromatic rings. The van der Waals surface area contributed by atoms with Crippen LogP contribution in [0.15, 0.2) is 18.2 Å². The van der Waals surface area contributed by atoms with Crippen molar-refractivity contribution in [3.63, 3.8) is 0 Å². The van der Waals surface area contributed by atoms with E-state index in [0.29, 0.717) is 10.6 Å². The highest BCUT2D eigenvalue weighted by Crippen LogP contribution is 2.32. The Kier molecular flexibility index (Phi) is 1.86. The number of hydrogen-bond acceptors (Lipinski definition) is 4. The second-order valence-electron chi connectivity index (χ2n) is 2.37. The zero-order valence-electron chi connectivity index (χ0n) is 6.40. The number of nitrogens with one attached hydrogen (secondary N) is 1. The molecule has 0 fully saturated rings. The van der Waals surface area contributed by atoms with Gasteiger partial charge in [0.1, 0.15) is 5.75 Å². The SMILES string of the molecule is Oc1cccc(Cl)c1-c1nn[nH]n1. The molecule has 0 aliphatic heterocycles. The molecule has 0 saturated carbocycles. The number of nitrogens with zero attached hydrogens (tertiary/aromatic N) is 3. The number of hydrogen-bond donors (Lipinski definition) is 2. The van der Waals surface area contributed by atoms with Gasteiger partial charge in [-0.25, -0.2) is 0 Å². The van der Waals surface area contributed by atoms with E-state index < -0.39 is 0 Å². The predicted molar refractivity (Wildman–Crippen MR) is 46.3 cm³/mol. The summed E-state index contributed by atoms with van der Waals surface area (Å²) < 4.78 is 0. The van der Waals surface area contributed by atoms with Gasteiger partial charge in [0.2, 0.25) is 5.82 Å². The van der Waals surface area contributed by atoms with E-state index in [1.54, 1.807) is 12.1 Å². The first-order chi connectivity index (χ1) is 6.29. The summed E-state index contributed by atoms with van der Waals surface area (Å²) in [4.78, 5) is 0. The van der Waals surface area contributed by atoms with Crippen LogP contribution in [0, 0.1) is 0 Å². The first-order valence-corrected chi connectivity index (χ1v) is 3.88. The first kappa shape index (κ1) is 8.00. The van der Waals surface area contributed by atoms with E-state index in [1.165, 1.54) is 6.07 Å². The smallest absolute Gasteiger partial charge is 0.209 e. The average Bonchev–Trinajstić information content (AvgIpc) is 2.57. The number of halogens is 1. The van der Waals surface area contributed by atoms with E-state index in [9.17, 15) is 5.11 Å². The van der Waals surface area contributed by atoms with Gasteiger partial charge in [-0.1, -0.05) is 17.7 Å². The number of aromatic hydroxyl groups is 1. The topological polar surface area (TPSA) is 74.7 Å². The van der Waals surface area contributed by atoms with Crippen LogP contribution in [0.3, 0.4) is 0 Å². The number of tetrazole rings is 1. The van der Waals surface area contributed by atoms with Crippen molar-refractivity contribution in [1.82, 2.24) is 20.6 Å². The van der Waals surface area contributed by atoms with Crippen LogP contribution in [0.25, 0.3) is 11.4 Å². The Bertz CT molecular complexity index is 394. The lowest BCUT2D eigenvalue weighted by molar-refractivity contribution is 0.477. The van der Waals surface area contributed by atoms with Crippen molar-refractivity contribution in [2.24, 2.45) is 0 Å². The lowest BCUT2D eigenvalue weighted by Gasteiger charge is -2.00. The number of phenols is 1. The molecule has 0 bridgehead atoms. The molecule has 0 amide bonds. The minimum absolute atomic E-state index is 0.0360. The summed E-state index contributed by atoms with van der Waals surface area (Å²) in [7, 11) is 0. The molecule has 5 nitrogen and oxygen atoms in total. The van der Waals surface area contributed by atoms with Crippen LogP contribution in [0.4, 0.5) is 0 Å². The van der Waals surface area contributed by atoms with Gasteiger partial charge in [0, 0.05) is 0 Å². The van der Waals surface area contributed by atoms with Gasteiger partial charge >= 0.3 is 0 Å². The van der Waals surface area contributed by atoms with E-state index in [1.807, 2.05) is 0 Å². The molecule has 0 aliphatic carbocycles. The van der Waals surface area contributed by atoms with E-state index >= 15 is 0 Å². The second kappa shape index (κ2) is 3.02. The van der Waals surface area contributed by atoms with Crippen LogP contribution >= 0.6 is 11.6 Å². The molecule has 2 N–H and O–H groups in total. The van der Waals surface area contributed by atoms with Gasteiger partial charge in [-0.15, -0.1) is 10.2 Å². The quantitative estimate of drug-likeness (QED) is 0.719. The summed E-state index contributed by atoms with van der Waals surface area (Å²) in [6.07, 6.45) is 0. The number of benzene rings is 1. The second-order valence-corrected chi connectivity index (χ2v) is 2.78. The van der Waals surface area contributed by atoms with Crippen molar-refractivity contribution in [3.8, 4) is 17.1 Å². The zero-order valence-corrected chi connectivity index (χ0v) is 7.15. The Hall–Kier alpha value is -1.62. The molecule has 0 aliphatic rings. The molecule has 0 saturated heterocycles. The van der Waals surface area contributed by atoms with Crippen LogP contribution in [-0.2, 0) is 0 Å². The highest BCUT2D eigenvalue weighted by molar-refractivity contribution is 6.33. The summed E-state index contributed by atoms with van der Waals surface area (Å²) in [5.74, 6) is 0.317. The molecule has 13 heavy (non-hydrogen) atoms. The normalized spacial score (nSPS) is 10.2. The standard InChI is InChI=1S/C7H5ClN4O/c8-4-2-1-3-5(13)6(4)7-9-11-12-10-7/h1-3,13H,(H,9,10,11,12). The molecule has 0 unspecified atom stereocenters. The molecule has 2 rings (SSSR count). The third-order valence-corrected chi connectivity index (χ3v) is 1.88. The van der Waals surface area contributed by atoms with Gasteiger partial charge in [0.05, 0.1) is 10.6 Å². The molecular weight excluding hydrogens is 192 g/mol. The van der Waals surface area contributed by atoms with Crippen LogP contribution in [0.5, 0.6) is 5.75 Å². The van der Waals surface area contributed by atoms with Gasteiger partial charge in [0.25, 0.3) is 0 Å². The minimum Gasteiger partial charge on any atom is -0.507 e. The summed E-state index contributed by atoms with van der Waals surface area (Å²) in [5, 5.41) is 22.9. The lowest BCUT2D eigenvalue weighted by Crippen LogP contribution is -1.83. The van der Waals surface area contributed by atoms with E-state index in [-0.39, 0.29) is 11.6 Å². The maximum absolute atomic E-state index is 9.46. The molecule has 0 radical (unpaired) electrons. The number of rotatable bonds is 1. The van der Waals surface area contributed by atoms with Crippen LogP contribution in [0.2, 0.25) is 5.02 Å². The molecule has 0 spiro atoms. The fourth-order valence-electron chi connectivity index (χ4n) is 1.00. The number of phenolic OH excluding ortho intramolecular Hbond substituents is 1. The fourth-order valence-corrected chi connectivity index (χ4v) is 1.26. The van der Waals surface area contributed by atoms with Gasteiger partial charge in [-0.3, -0.25) is 0 Å². The summed E-state index contributed by atoms with van der Waals surface area (Å²) >= 11 is 5.84. The Labute approximate surface area is 78.4 Å². The van der Waals surface area contributed by atoms with Gasteiger partial charge in [-0.05, 0) is 17.3 Å². The summed E-state index contributed by atoms with van der Waals surface area (Å²) in [6, 6.07) is 4.80. The highest BCUT2D eigenvalue weighted by Gasteiger charge is 2.12. The largest absolute Gasteiger partial charge is 0.507 e. The maximum Gasteiger partial charge on any atom is 0.209 e. The van der Waals surface area contributed by atoms with Gasteiger partial charge < -0.3 is 5.11 Å². The maximum atomic E-state index is 9.46. The van der Waals surface area contributed by atoms with Crippen molar-refractivity contribution in [3.05, 3.63) is 23.2 Å². The number of aromatic nitrogens is 4. The van der Waals surface area contributed by atoms with Crippen molar-refractivity contribution in [1.29, 1.82) is 0 Å². The number of aromatic amines is 1. The molecule has 1 heterocycles. The Morgan fingerprint density at radius 3 is 2.85 bits per heavy atom. The van der Waals surface area contributed by atoms with Gasteiger partial charge in [-0.2, -0.15) is 5.21 Å². The molecule has 1 aromatic carbocycles. The van der Waals surface area contributed by atoms with Crippen LogP contribution in [0.1, 0.15) is 0 Å².